The second-order valence-corrected chi connectivity index (χ2v) is 9.31. The molecule has 0 aromatic heterocycles. The van der Waals surface area contributed by atoms with Crippen LogP contribution in [0.15, 0.2) is 0 Å². The van der Waals surface area contributed by atoms with E-state index in [1.807, 2.05) is 6.92 Å². The van der Waals surface area contributed by atoms with E-state index in [2.05, 4.69) is 6.92 Å². The Labute approximate surface area is 157 Å². The second-order valence-electron chi connectivity index (χ2n) is 9.31. The highest BCUT2D eigenvalue weighted by Gasteiger charge is 2.47. The Morgan fingerprint density at radius 1 is 0.769 bits per heavy atom. The van der Waals surface area contributed by atoms with Gasteiger partial charge in [0.05, 0.1) is 6.10 Å². The molecule has 0 aromatic carbocycles. The second kappa shape index (κ2) is 9.30. The first kappa shape index (κ1) is 20.5. The Bertz CT molecular complexity index is 424. The number of hydrogen-bond acceptors (Lipinski definition) is 1. The van der Waals surface area contributed by atoms with E-state index in [1.165, 1.54) is 12.8 Å². The highest BCUT2D eigenvalue weighted by Crippen LogP contribution is 2.47. The zero-order valence-corrected chi connectivity index (χ0v) is 16.5. The van der Waals surface area contributed by atoms with Gasteiger partial charge in [-0.3, -0.25) is 0 Å². The van der Waals surface area contributed by atoms with Gasteiger partial charge in [0.1, 0.15) is 12.3 Å². The maximum Gasteiger partial charge on any atom is 0.157 e. The van der Waals surface area contributed by atoms with Crippen molar-refractivity contribution in [1.82, 2.24) is 0 Å². The molecule has 4 heteroatoms. The Kier molecular flexibility index (Phi) is 7.32. The van der Waals surface area contributed by atoms with Crippen LogP contribution in [0, 0.1) is 29.6 Å². The molecule has 0 saturated heterocycles. The van der Waals surface area contributed by atoms with Crippen LogP contribution in [0.3, 0.4) is 0 Å². The van der Waals surface area contributed by atoms with E-state index in [9.17, 15) is 13.2 Å². The normalized spacial score (nSPS) is 47.7. The Morgan fingerprint density at radius 3 is 2.08 bits per heavy atom. The fraction of sp³-hybridized carbons (Fsp3) is 1.00. The Balaban J connectivity index is 1.52. The van der Waals surface area contributed by atoms with Crippen LogP contribution < -0.4 is 0 Å². The van der Waals surface area contributed by atoms with Crippen LogP contribution in [0.4, 0.5) is 13.2 Å². The lowest BCUT2D eigenvalue weighted by molar-refractivity contribution is -0.0919. The van der Waals surface area contributed by atoms with E-state index in [1.54, 1.807) is 0 Å². The maximum absolute atomic E-state index is 15.0. The third kappa shape index (κ3) is 4.59. The minimum absolute atomic E-state index is 0.00383. The summed E-state index contributed by atoms with van der Waals surface area (Å²) in [6.45, 7) is 4.74. The van der Waals surface area contributed by atoms with Crippen LogP contribution in [0.5, 0.6) is 0 Å². The summed E-state index contributed by atoms with van der Waals surface area (Å²) in [6, 6.07) is 0. The molecule has 7 atom stereocenters. The van der Waals surface area contributed by atoms with Crippen LogP contribution >= 0.6 is 0 Å². The van der Waals surface area contributed by atoms with Crippen molar-refractivity contribution >= 4 is 0 Å². The fourth-order valence-electron chi connectivity index (χ4n) is 5.86. The molecule has 0 spiro atoms. The third-order valence-corrected chi connectivity index (χ3v) is 7.52. The lowest BCUT2D eigenvalue weighted by Gasteiger charge is -2.44. The van der Waals surface area contributed by atoms with Gasteiger partial charge in [-0.25, -0.2) is 13.2 Å². The van der Waals surface area contributed by atoms with Gasteiger partial charge in [-0.1, -0.05) is 26.7 Å². The molecule has 1 nitrogen and oxygen atoms in total. The quantitative estimate of drug-likeness (QED) is 0.537. The van der Waals surface area contributed by atoms with Crippen molar-refractivity contribution in [3.63, 3.8) is 0 Å². The van der Waals surface area contributed by atoms with E-state index < -0.39 is 24.6 Å². The largest absolute Gasteiger partial charge is 0.375 e. The first-order valence-corrected chi connectivity index (χ1v) is 11.0. The summed E-state index contributed by atoms with van der Waals surface area (Å²) < 4.78 is 49.7. The van der Waals surface area contributed by atoms with Gasteiger partial charge >= 0.3 is 0 Å². The molecule has 0 N–H and O–H groups in total. The summed E-state index contributed by atoms with van der Waals surface area (Å²) in [7, 11) is 0. The van der Waals surface area contributed by atoms with E-state index in [-0.39, 0.29) is 17.8 Å². The molecular formula is C22H37F3O. The number of halogens is 3. The predicted molar refractivity (Wildman–Crippen MR) is 99.4 cm³/mol. The molecule has 0 heterocycles. The smallest absolute Gasteiger partial charge is 0.157 e. The summed E-state index contributed by atoms with van der Waals surface area (Å²) in [4.78, 5) is 0. The molecule has 26 heavy (non-hydrogen) atoms. The predicted octanol–water partition coefficient (Wildman–Crippen LogP) is 6.45. The molecule has 3 aliphatic carbocycles. The Hall–Kier alpha value is -0.250. The standard InChI is InChI=1S/C22H37F3O/c1-3-12-26-20-11-10-18(21(24)22(20)25)16-8-9-17(19(23)13-16)15-6-4-14(2)5-7-15/h14-22H,3-13H2,1-2H3. The van der Waals surface area contributed by atoms with Crippen molar-refractivity contribution in [2.24, 2.45) is 29.6 Å². The monoisotopic (exact) mass is 374 g/mol. The molecule has 0 bridgehead atoms. The van der Waals surface area contributed by atoms with E-state index in [0.717, 1.165) is 38.0 Å². The lowest BCUT2D eigenvalue weighted by Crippen LogP contribution is -2.47. The average molecular weight is 375 g/mol. The molecule has 7 unspecified atom stereocenters. The van der Waals surface area contributed by atoms with Crippen molar-refractivity contribution < 1.29 is 17.9 Å². The summed E-state index contributed by atoms with van der Waals surface area (Å²) in [5.41, 5.74) is 0. The zero-order chi connectivity index (χ0) is 18.7. The number of alkyl halides is 3. The SMILES string of the molecule is CCCOC1CCC(C2CCC(C3CCC(C)CC3)C(F)C2)C(F)C1F. The van der Waals surface area contributed by atoms with Crippen molar-refractivity contribution in [3.05, 3.63) is 0 Å². The van der Waals surface area contributed by atoms with Crippen molar-refractivity contribution in [2.45, 2.75) is 103 Å². The van der Waals surface area contributed by atoms with Gasteiger partial charge in [0, 0.05) is 6.61 Å². The highest BCUT2D eigenvalue weighted by molar-refractivity contribution is 4.95. The molecule has 0 radical (unpaired) electrons. The number of hydrogen-bond donors (Lipinski definition) is 0. The minimum Gasteiger partial charge on any atom is -0.375 e. The molecule has 3 fully saturated rings. The van der Waals surface area contributed by atoms with Gasteiger partial charge in [0.15, 0.2) is 6.17 Å². The maximum atomic E-state index is 15.0. The Morgan fingerprint density at radius 2 is 1.42 bits per heavy atom. The molecular weight excluding hydrogens is 337 g/mol. The third-order valence-electron chi connectivity index (χ3n) is 7.52. The van der Waals surface area contributed by atoms with Gasteiger partial charge in [0.25, 0.3) is 0 Å². The van der Waals surface area contributed by atoms with Crippen LogP contribution in [0.25, 0.3) is 0 Å². The zero-order valence-electron chi connectivity index (χ0n) is 16.5. The van der Waals surface area contributed by atoms with Crippen molar-refractivity contribution in [2.75, 3.05) is 6.61 Å². The molecule has 0 aliphatic heterocycles. The van der Waals surface area contributed by atoms with E-state index >= 15 is 0 Å². The van der Waals surface area contributed by atoms with Gasteiger partial charge in [-0.2, -0.15) is 0 Å². The average Bonchev–Trinajstić information content (AvgIpc) is 2.64. The molecule has 152 valence electrons. The van der Waals surface area contributed by atoms with Crippen molar-refractivity contribution in [1.29, 1.82) is 0 Å². The van der Waals surface area contributed by atoms with Crippen LogP contribution in [-0.2, 0) is 4.74 Å². The van der Waals surface area contributed by atoms with Crippen molar-refractivity contribution in [3.8, 4) is 0 Å². The van der Waals surface area contributed by atoms with Crippen LogP contribution in [0.2, 0.25) is 0 Å². The summed E-state index contributed by atoms with van der Waals surface area (Å²) in [5.74, 6) is 1.12. The summed E-state index contributed by atoms with van der Waals surface area (Å²) >= 11 is 0. The minimum atomic E-state index is -1.55. The van der Waals surface area contributed by atoms with Gasteiger partial charge in [0.2, 0.25) is 0 Å². The molecule has 3 saturated carbocycles. The van der Waals surface area contributed by atoms with Crippen LogP contribution in [-0.4, -0.2) is 31.2 Å². The summed E-state index contributed by atoms with van der Waals surface area (Å²) in [6.07, 6.45) is 4.46. The molecule has 0 amide bonds. The van der Waals surface area contributed by atoms with Gasteiger partial charge in [-0.15, -0.1) is 0 Å². The van der Waals surface area contributed by atoms with Crippen LogP contribution in [0.1, 0.15) is 78.1 Å². The molecule has 3 rings (SSSR count). The van der Waals surface area contributed by atoms with Gasteiger partial charge < -0.3 is 4.74 Å². The lowest BCUT2D eigenvalue weighted by atomic mass is 9.64. The first-order chi connectivity index (χ1) is 12.5. The van der Waals surface area contributed by atoms with E-state index in [0.29, 0.717) is 31.8 Å². The number of rotatable bonds is 5. The first-order valence-electron chi connectivity index (χ1n) is 11.0. The molecule has 0 aromatic rings. The highest BCUT2D eigenvalue weighted by atomic mass is 19.2. The fourth-order valence-corrected chi connectivity index (χ4v) is 5.86. The number of ether oxygens (including phenoxy) is 1. The topological polar surface area (TPSA) is 9.23 Å². The summed E-state index contributed by atoms with van der Waals surface area (Å²) in [5, 5.41) is 0. The van der Waals surface area contributed by atoms with E-state index in [4.69, 9.17) is 4.74 Å². The van der Waals surface area contributed by atoms with Gasteiger partial charge in [-0.05, 0) is 81.0 Å². The molecule has 3 aliphatic rings.